The van der Waals surface area contributed by atoms with E-state index in [2.05, 4.69) is 4.74 Å². The summed E-state index contributed by atoms with van der Waals surface area (Å²) in [5.74, 6) is 0. The van der Waals surface area contributed by atoms with Gasteiger partial charge in [0.05, 0.1) is 6.61 Å². The van der Waals surface area contributed by atoms with E-state index in [1.54, 1.807) is 12.4 Å². The number of hydrogen-bond acceptors (Lipinski definition) is 3. The SMILES string of the molecule is O=C(OCCO)N1C=C1. The highest BCUT2D eigenvalue weighted by atomic mass is 16.6. The Morgan fingerprint density at radius 1 is 1.67 bits per heavy atom. The van der Waals surface area contributed by atoms with E-state index in [1.165, 1.54) is 4.90 Å². The van der Waals surface area contributed by atoms with E-state index in [1.807, 2.05) is 0 Å². The van der Waals surface area contributed by atoms with E-state index in [4.69, 9.17) is 5.11 Å². The molecule has 1 amide bonds. The third-order valence-corrected chi connectivity index (χ3v) is 0.826. The Balaban J connectivity index is 2.04. The zero-order valence-corrected chi connectivity index (χ0v) is 4.78. The van der Waals surface area contributed by atoms with E-state index in [9.17, 15) is 4.79 Å². The van der Waals surface area contributed by atoms with Gasteiger partial charge in [-0.2, -0.15) is 0 Å². The average molecular weight is 129 g/mol. The van der Waals surface area contributed by atoms with Gasteiger partial charge in [-0.05, 0) is 0 Å². The zero-order chi connectivity index (χ0) is 6.69. The van der Waals surface area contributed by atoms with Crippen molar-refractivity contribution in [2.45, 2.75) is 0 Å². The summed E-state index contributed by atoms with van der Waals surface area (Å²) in [7, 11) is 0. The first-order chi connectivity index (χ1) is 4.34. The fourth-order valence-electron chi connectivity index (χ4n) is 0.363. The van der Waals surface area contributed by atoms with Gasteiger partial charge in [-0.3, -0.25) is 4.90 Å². The molecule has 0 aliphatic carbocycles. The monoisotopic (exact) mass is 129 g/mol. The molecule has 1 rings (SSSR count). The topological polar surface area (TPSA) is 49.5 Å². The lowest BCUT2D eigenvalue weighted by atomic mass is 10.8. The van der Waals surface area contributed by atoms with Crippen LogP contribution in [0.4, 0.5) is 4.79 Å². The molecule has 0 saturated heterocycles. The van der Waals surface area contributed by atoms with Crippen LogP contribution in [0.2, 0.25) is 0 Å². The largest absolute Gasteiger partial charge is 0.446 e. The number of ether oxygens (including phenoxy) is 1. The molecule has 1 N–H and O–H groups in total. The first kappa shape index (κ1) is 6.10. The van der Waals surface area contributed by atoms with Crippen LogP contribution in [-0.4, -0.2) is 29.3 Å². The Bertz CT molecular complexity index is 137. The Kier molecular flexibility index (Phi) is 1.69. The molecular weight excluding hydrogens is 122 g/mol. The van der Waals surface area contributed by atoms with E-state index in [0.29, 0.717) is 0 Å². The molecule has 1 aliphatic rings. The summed E-state index contributed by atoms with van der Waals surface area (Å²) >= 11 is 0. The number of rotatable bonds is 2. The van der Waals surface area contributed by atoms with Gasteiger partial charge in [-0.25, -0.2) is 4.79 Å². The molecular formula is C5H7NO3. The van der Waals surface area contributed by atoms with Crippen molar-refractivity contribution in [1.82, 2.24) is 4.90 Å². The predicted molar refractivity (Wildman–Crippen MR) is 29.4 cm³/mol. The van der Waals surface area contributed by atoms with Crippen LogP contribution in [0, 0.1) is 0 Å². The summed E-state index contributed by atoms with van der Waals surface area (Å²) in [6.45, 7) is -0.0589. The van der Waals surface area contributed by atoms with Crippen molar-refractivity contribution < 1.29 is 14.6 Å². The van der Waals surface area contributed by atoms with E-state index in [-0.39, 0.29) is 13.2 Å². The molecule has 0 spiro atoms. The van der Waals surface area contributed by atoms with Crippen molar-refractivity contribution in [2.24, 2.45) is 0 Å². The third-order valence-electron chi connectivity index (χ3n) is 0.826. The molecule has 1 aliphatic heterocycles. The van der Waals surface area contributed by atoms with Crippen LogP contribution in [0.25, 0.3) is 0 Å². The summed E-state index contributed by atoms with van der Waals surface area (Å²) in [6, 6.07) is 0. The Hall–Kier alpha value is -1.03. The third kappa shape index (κ3) is 1.73. The van der Waals surface area contributed by atoms with E-state index < -0.39 is 6.09 Å². The highest BCUT2D eigenvalue weighted by Gasteiger charge is 2.16. The number of carbonyl (C=O) groups is 1. The van der Waals surface area contributed by atoms with E-state index >= 15 is 0 Å². The minimum atomic E-state index is -0.427. The Labute approximate surface area is 52.3 Å². The molecule has 4 heteroatoms. The quantitative estimate of drug-likeness (QED) is 0.566. The molecule has 0 radical (unpaired) electrons. The highest BCUT2D eigenvalue weighted by Crippen LogP contribution is 2.07. The first-order valence-corrected chi connectivity index (χ1v) is 2.59. The van der Waals surface area contributed by atoms with Crippen LogP contribution in [0.1, 0.15) is 0 Å². The maximum atomic E-state index is 10.5. The highest BCUT2D eigenvalue weighted by molar-refractivity contribution is 5.73. The molecule has 0 bridgehead atoms. The van der Waals surface area contributed by atoms with Gasteiger partial charge < -0.3 is 9.84 Å². The van der Waals surface area contributed by atoms with Crippen molar-refractivity contribution in [3.8, 4) is 0 Å². The van der Waals surface area contributed by atoms with Gasteiger partial charge in [0.2, 0.25) is 0 Å². The van der Waals surface area contributed by atoms with Crippen LogP contribution >= 0.6 is 0 Å². The molecule has 50 valence electrons. The Morgan fingerprint density at radius 3 is 2.78 bits per heavy atom. The fourth-order valence-corrected chi connectivity index (χ4v) is 0.363. The second kappa shape index (κ2) is 2.50. The van der Waals surface area contributed by atoms with Gasteiger partial charge in [-0.1, -0.05) is 0 Å². The first-order valence-electron chi connectivity index (χ1n) is 2.59. The maximum Gasteiger partial charge on any atom is 0.418 e. The second-order valence-corrected chi connectivity index (χ2v) is 1.54. The van der Waals surface area contributed by atoms with Crippen LogP contribution in [-0.2, 0) is 4.74 Å². The molecule has 0 fully saturated rings. The standard InChI is InChI=1S/C5H7NO3/c7-3-4-9-5(8)6-1-2-6/h1-2,7H,3-4H2. The number of carbonyl (C=O) groups excluding carboxylic acids is 1. The summed E-state index contributed by atoms with van der Waals surface area (Å²) in [5, 5.41) is 8.20. The van der Waals surface area contributed by atoms with Crippen LogP contribution in [0.3, 0.4) is 0 Å². The number of aliphatic hydroxyl groups is 1. The normalized spacial score (nSPS) is 13.7. The average Bonchev–Trinajstić information content (AvgIpc) is 2.63. The molecule has 1 heterocycles. The molecule has 0 saturated carbocycles. The summed E-state index contributed by atoms with van der Waals surface area (Å²) in [5.41, 5.74) is 0. The van der Waals surface area contributed by atoms with Gasteiger partial charge >= 0.3 is 6.09 Å². The van der Waals surface area contributed by atoms with Crippen molar-refractivity contribution in [1.29, 1.82) is 0 Å². The van der Waals surface area contributed by atoms with Crippen LogP contribution in [0.15, 0.2) is 12.4 Å². The number of nitrogens with zero attached hydrogens (tertiary/aromatic N) is 1. The number of hydrogen-bond donors (Lipinski definition) is 1. The summed E-state index contributed by atoms with van der Waals surface area (Å²) in [6.07, 6.45) is 2.74. The lowest BCUT2D eigenvalue weighted by Gasteiger charge is -2.00. The van der Waals surface area contributed by atoms with Crippen molar-refractivity contribution in [3.05, 3.63) is 12.4 Å². The molecule has 4 nitrogen and oxygen atoms in total. The minimum absolute atomic E-state index is 0.0665. The number of aliphatic hydroxyl groups excluding tert-OH is 1. The maximum absolute atomic E-state index is 10.5. The van der Waals surface area contributed by atoms with Crippen molar-refractivity contribution in [2.75, 3.05) is 13.2 Å². The van der Waals surface area contributed by atoms with Crippen molar-refractivity contribution in [3.63, 3.8) is 0 Å². The lowest BCUT2D eigenvalue weighted by molar-refractivity contribution is 0.110. The minimum Gasteiger partial charge on any atom is -0.446 e. The van der Waals surface area contributed by atoms with Gasteiger partial charge in [-0.15, -0.1) is 0 Å². The predicted octanol–water partition coefficient (Wildman–Crippen LogP) is -0.0979. The molecule has 0 aromatic heterocycles. The van der Waals surface area contributed by atoms with Crippen LogP contribution in [0.5, 0.6) is 0 Å². The summed E-state index contributed by atoms with van der Waals surface area (Å²) < 4.78 is 4.49. The van der Waals surface area contributed by atoms with Gasteiger partial charge in [0, 0.05) is 12.4 Å². The summed E-state index contributed by atoms with van der Waals surface area (Å²) in [4.78, 5) is 11.8. The molecule has 0 aromatic carbocycles. The van der Waals surface area contributed by atoms with Crippen LogP contribution < -0.4 is 0 Å². The second-order valence-electron chi connectivity index (χ2n) is 1.54. The zero-order valence-electron chi connectivity index (χ0n) is 4.78. The van der Waals surface area contributed by atoms with E-state index in [0.717, 1.165) is 0 Å². The Morgan fingerprint density at radius 2 is 2.33 bits per heavy atom. The molecule has 0 aromatic rings. The van der Waals surface area contributed by atoms with Gasteiger partial charge in [0.15, 0.2) is 0 Å². The lowest BCUT2D eigenvalue weighted by Crippen LogP contribution is -2.14. The smallest absolute Gasteiger partial charge is 0.418 e. The molecule has 9 heavy (non-hydrogen) atoms. The molecule has 0 unspecified atom stereocenters. The molecule has 0 atom stereocenters. The fraction of sp³-hybridized carbons (Fsp3) is 0.400. The van der Waals surface area contributed by atoms with Crippen molar-refractivity contribution >= 4 is 6.09 Å². The van der Waals surface area contributed by atoms with Gasteiger partial charge in [0.1, 0.15) is 6.61 Å². The van der Waals surface area contributed by atoms with Gasteiger partial charge in [0.25, 0.3) is 0 Å². The number of amides is 1.